The Balaban J connectivity index is 0.00000125. The van der Waals surface area contributed by atoms with Gasteiger partial charge in [0.15, 0.2) is 16.5 Å². The molecule has 1 aromatic carbocycles. The smallest absolute Gasteiger partial charge is 0.357 e. The molecule has 0 unspecified atom stereocenters. The molecule has 0 amide bonds. The van der Waals surface area contributed by atoms with E-state index < -0.39 is 44.5 Å². The standard InChI is InChI=1S/C21H21N3O4S.C13H15N3O4S.C13H15N3O2S.C11H13N3O3S.CH3ClO2S.CH4O.CH4.Ar.H2O2.H2O/c1-3-29(26,27)21-23-14-19(24(21)18-7-4-10-22-13-18)15-28-20-9-8-17(6-5-11-25)16(2)12-20;1-3-20-12(17)11-9-15-13(21(18,19)4-2)16(11)10-6-5-7-14-8-10;1-3-18-12(17)11-9-15-13(19-4-2)16(11)10-6-5-7-14-8-10;1-2-18(16,17)11-13-7-10(8-15)14(11)9-4-3-5-12-6-9;1-5(2,3)4;1-2;;;1-2;/h4,7-10,12-14,25H,3,11,15H2,1-2H3;5-9H,3-4H2,1-2H3;5-9H,3-4H2,1-2H3;3-7,15H,2,8H2,1H3;1H3;2H,1H3;1H4;;1-2H;1H2. The van der Waals surface area contributed by atoms with E-state index in [4.69, 9.17) is 34.9 Å². The van der Waals surface area contributed by atoms with Gasteiger partial charge in [-0.15, -0.1) is 0 Å². The number of ether oxygens (including phenoxy) is 3. The third-order valence-corrected chi connectivity index (χ3v) is 17.6. The Morgan fingerprint density at radius 3 is 1.31 bits per heavy atom. The second kappa shape index (κ2) is 46.0. The van der Waals surface area contributed by atoms with Crippen molar-refractivity contribution in [2.24, 2.45) is 0 Å². The second-order valence-electron chi connectivity index (χ2n) is 18.3. The Labute approximate surface area is 613 Å². The number of hydrogen-bond donors (Lipinski definition) is 5. The van der Waals surface area contributed by atoms with Gasteiger partial charge in [0.25, 0.3) is 0 Å². The molecule has 542 valence electrons. The molecule has 9 aromatic rings. The minimum absolute atomic E-state index is 0. The Bertz CT molecular complexity index is 4420. The van der Waals surface area contributed by atoms with Crippen molar-refractivity contribution in [1.82, 2.24) is 58.1 Å². The molecule has 0 aliphatic carbocycles. The van der Waals surface area contributed by atoms with Crippen LogP contribution in [0.3, 0.4) is 0 Å². The van der Waals surface area contributed by atoms with Crippen molar-refractivity contribution in [2.45, 2.75) is 89.7 Å². The van der Waals surface area contributed by atoms with Crippen LogP contribution in [-0.2, 0) is 61.3 Å². The maximum absolute atomic E-state index is 12.5. The number of thioether (sulfide) groups is 1. The topological polar surface area (TPSA) is 454 Å². The number of aryl methyl sites for hydroxylation is 1. The predicted molar refractivity (Wildman–Crippen MR) is 367 cm³/mol. The van der Waals surface area contributed by atoms with E-state index in [-0.39, 0.29) is 121 Å². The molecule has 31 nitrogen and oxygen atoms in total. The quantitative estimate of drug-likeness (QED) is 0.0140. The molecule has 0 fully saturated rings. The summed E-state index contributed by atoms with van der Waals surface area (Å²) >= 11 is 1.57. The van der Waals surface area contributed by atoms with Crippen LogP contribution in [0.4, 0.5) is 0 Å². The zero-order valence-electron chi connectivity index (χ0n) is 54.3. The van der Waals surface area contributed by atoms with E-state index in [0.717, 1.165) is 41.1 Å². The van der Waals surface area contributed by atoms with Crippen LogP contribution in [0.15, 0.2) is 162 Å². The number of pyridine rings is 4. The summed E-state index contributed by atoms with van der Waals surface area (Å²) in [5.41, 5.74) is 5.60. The van der Waals surface area contributed by atoms with E-state index in [0.29, 0.717) is 46.5 Å². The fraction of sp³-hybridized carbons (Fsp3) is 0.311. The van der Waals surface area contributed by atoms with E-state index in [1.165, 1.54) is 47.0 Å². The van der Waals surface area contributed by atoms with Crippen LogP contribution in [0, 0.1) is 56.5 Å². The van der Waals surface area contributed by atoms with E-state index in [9.17, 15) is 48.4 Å². The molecular formula is C61H79ArClN12O19S5. The number of halogens is 1. The average molecular weight is 1520 g/mol. The summed E-state index contributed by atoms with van der Waals surface area (Å²) in [6.07, 6.45) is 19.2. The maximum atomic E-state index is 12.5. The van der Waals surface area contributed by atoms with Crippen molar-refractivity contribution in [1.29, 1.82) is 0 Å². The summed E-state index contributed by atoms with van der Waals surface area (Å²) in [5, 5.41) is 37.6. The summed E-state index contributed by atoms with van der Waals surface area (Å²) in [5.74, 6) is 5.77. The SMILES string of the molecule is C.CCOC(=O)c1cnc(S(=O)(=O)CC)n1-c1cccnc1.CCOC(=O)c1cnc(SCC)n1-c1cccnc1.CCS(=O)(=O)c1ncc(CO)n1-c1cccnc1.CCS(=O)(=O)c1ncc(COc2ccc(C#CCO)c(C)c2)n1-c1cccnc1.CO.CS(=O)(=O)Cl.O.OO.[Ar]. The van der Waals surface area contributed by atoms with E-state index in [1.807, 2.05) is 38.1 Å². The van der Waals surface area contributed by atoms with Gasteiger partial charge in [0.05, 0.1) is 127 Å². The summed E-state index contributed by atoms with van der Waals surface area (Å²) < 4.78 is 114. The van der Waals surface area contributed by atoms with Crippen LogP contribution in [0.25, 0.3) is 22.7 Å². The number of hydrogen-bond acceptors (Lipinski definition) is 27. The van der Waals surface area contributed by atoms with Crippen LogP contribution in [0.2, 0.25) is 0 Å². The zero-order valence-corrected chi connectivity index (χ0v) is 59.9. The summed E-state index contributed by atoms with van der Waals surface area (Å²) in [4.78, 5) is 56.2. The van der Waals surface area contributed by atoms with Gasteiger partial charge in [0.2, 0.25) is 54.0 Å². The normalized spacial score (nSPS) is 10.5. The van der Waals surface area contributed by atoms with Gasteiger partial charge in [0.1, 0.15) is 19.0 Å². The number of esters is 2. The van der Waals surface area contributed by atoms with Crippen LogP contribution in [-0.4, -0.2) is 191 Å². The van der Waals surface area contributed by atoms with Crippen molar-refractivity contribution in [3.05, 3.63) is 175 Å². The number of sulfone groups is 3. The Hall–Kier alpha value is -7.58. The van der Waals surface area contributed by atoms with Gasteiger partial charge in [-0.05, 0) is 98.8 Å². The van der Waals surface area contributed by atoms with Gasteiger partial charge in [-0.1, -0.05) is 58.7 Å². The summed E-state index contributed by atoms with van der Waals surface area (Å²) in [6, 6.07) is 19.3. The van der Waals surface area contributed by atoms with Gasteiger partial charge in [-0.3, -0.25) is 48.7 Å². The molecule has 0 atom stereocenters. The molecule has 0 spiro atoms. The number of carbonyl (C=O) groups is 2. The first-order chi connectivity index (χ1) is 45.8. The minimum atomic E-state index is -3.59. The van der Waals surface area contributed by atoms with Gasteiger partial charge >= 0.3 is 11.9 Å². The molecule has 38 heteroatoms. The Kier molecular flexibility index (Phi) is 42.4. The summed E-state index contributed by atoms with van der Waals surface area (Å²) in [6.45, 7) is 12.2. The Morgan fingerprint density at radius 2 is 0.939 bits per heavy atom. The van der Waals surface area contributed by atoms with Crippen molar-refractivity contribution in [2.75, 3.05) is 56.2 Å². The van der Waals surface area contributed by atoms with Gasteiger partial charge < -0.3 is 35.0 Å². The molecular weight excluding hydrogens is 1440 g/mol. The number of aromatic nitrogens is 12. The molecule has 0 radical (unpaired) electrons. The first-order valence-corrected chi connectivity index (χ1v) is 37.0. The Morgan fingerprint density at radius 1 is 0.566 bits per heavy atom. The van der Waals surface area contributed by atoms with Crippen molar-refractivity contribution in [3.63, 3.8) is 0 Å². The third kappa shape index (κ3) is 27.5. The molecule has 0 aliphatic heterocycles. The van der Waals surface area contributed by atoms with Crippen molar-refractivity contribution in [3.8, 4) is 40.3 Å². The van der Waals surface area contributed by atoms with Crippen LogP contribution >= 0.6 is 22.4 Å². The zero-order chi connectivity index (χ0) is 71.7. The predicted octanol–water partition coefficient (Wildman–Crippen LogP) is 6.26. The van der Waals surface area contributed by atoms with Crippen LogP contribution < -0.4 is 4.74 Å². The molecule has 0 bridgehead atoms. The van der Waals surface area contributed by atoms with Crippen molar-refractivity contribution >= 4 is 72.9 Å². The monoisotopic (exact) mass is 1520 g/mol. The molecule has 0 saturated carbocycles. The number of aliphatic hydroxyl groups excluding tert-OH is 3. The second-order valence-corrected chi connectivity index (χ2v) is 29.0. The third-order valence-electron chi connectivity index (χ3n) is 11.9. The molecule has 8 heterocycles. The number of carbonyl (C=O) groups excluding carboxylic acids is 2. The number of imidazole rings is 4. The van der Waals surface area contributed by atoms with E-state index >= 15 is 0 Å². The molecule has 0 aliphatic rings. The minimum Gasteiger partial charge on any atom is -0.487 e. The average Bonchev–Trinajstić information content (AvgIpc) is 1.71. The van der Waals surface area contributed by atoms with Gasteiger partial charge in [-0.25, -0.2) is 63.2 Å². The molecule has 8 aromatic heterocycles. The first kappa shape index (κ1) is 91.4. The number of benzene rings is 1. The van der Waals surface area contributed by atoms with Crippen LogP contribution in [0.1, 0.15) is 92.5 Å². The molecule has 9 rings (SSSR count). The van der Waals surface area contributed by atoms with Crippen molar-refractivity contribution < 1.29 is 127 Å². The fourth-order valence-electron chi connectivity index (χ4n) is 7.75. The van der Waals surface area contributed by atoms with E-state index in [1.54, 1.807) is 134 Å². The summed E-state index contributed by atoms with van der Waals surface area (Å²) in [7, 11) is -8.26. The van der Waals surface area contributed by atoms with Gasteiger partial charge in [-0.2, -0.15) is 0 Å². The largest absolute Gasteiger partial charge is 0.487 e. The van der Waals surface area contributed by atoms with Gasteiger partial charge in [0, 0.05) is 85.9 Å². The molecule has 0 saturated heterocycles. The maximum Gasteiger partial charge on any atom is 0.357 e. The first-order valence-electron chi connectivity index (χ1n) is 28.4. The molecule has 7 N–H and O–H groups in total. The number of nitrogens with zero attached hydrogens (tertiary/aromatic N) is 12. The number of rotatable bonds is 20. The number of aliphatic hydroxyl groups is 3. The van der Waals surface area contributed by atoms with E-state index in [2.05, 4.69) is 62.4 Å². The van der Waals surface area contributed by atoms with Crippen LogP contribution in [0.5, 0.6) is 5.75 Å². The molecule has 99 heavy (non-hydrogen) atoms. The fourth-order valence-corrected chi connectivity index (χ4v) is 11.4.